The number of hydrogen-bond acceptors (Lipinski definition) is 4. The molecule has 22 heavy (non-hydrogen) atoms. The maximum Gasteiger partial charge on any atom is 0.246 e. The van der Waals surface area contributed by atoms with Gasteiger partial charge in [0.05, 0.1) is 13.2 Å². The van der Waals surface area contributed by atoms with Crippen molar-refractivity contribution in [3.8, 4) is 0 Å². The predicted octanol–water partition coefficient (Wildman–Crippen LogP) is -0.272. The number of carbonyl (C=O) groups is 3. The molecule has 124 valence electrons. The minimum Gasteiger partial charge on any atom is -0.383 e. The van der Waals surface area contributed by atoms with Gasteiger partial charge in [-0.05, 0) is 19.4 Å². The van der Waals surface area contributed by atoms with E-state index in [4.69, 9.17) is 4.74 Å². The standard InChI is InChI=1S/C15H25N3O4/c1-4-13(19)16(5-2)11-15(21)18-8-6-7-17(9-10-22-3)14(20)12-18/h4H,1,5-12H2,2-3H3. The van der Waals surface area contributed by atoms with Gasteiger partial charge in [0.25, 0.3) is 0 Å². The van der Waals surface area contributed by atoms with Crippen LogP contribution in [0.4, 0.5) is 0 Å². The van der Waals surface area contributed by atoms with Crippen LogP contribution in [0.3, 0.4) is 0 Å². The summed E-state index contributed by atoms with van der Waals surface area (Å²) in [4.78, 5) is 40.7. The van der Waals surface area contributed by atoms with Gasteiger partial charge in [-0.3, -0.25) is 14.4 Å². The average molecular weight is 311 g/mol. The van der Waals surface area contributed by atoms with Crippen molar-refractivity contribution < 1.29 is 19.1 Å². The summed E-state index contributed by atoms with van der Waals surface area (Å²) in [5, 5.41) is 0. The number of ether oxygens (including phenoxy) is 1. The minimum atomic E-state index is -0.279. The Hall–Kier alpha value is -1.89. The molecule has 0 saturated carbocycles. The second kappa shape index (κ2) is 9.19. The third kappa shape index (κ3) is 5.14. The van der Waals surface area contributed by atoms with Crippen LogP contribution in [0.1, 0.15) is 13.3 Å². The molecule has 0 aliphatic carbocycles. The number of carbonyl (C=O) groups excluding carboxylic acids is 3. The number of methoxy groups -OCH3 is 1. The first-order valence-electron chi connectivity index (χ1n) is 7.49. The van der Waals surface area contributed by atoms with Crippen molar-refractivity contribution in [2.45, 2.75) is 13.3 Å². The van der Waals surface area contributed by atoms with Gasteiger partial charge >= 0.3 is 0 Å². The van der Waals surface area contributed by atoms with E-state index in [2.05, 4.69) is 6.58 Å². The molecule has 7 nitrogen and oxygen atoms in total. The molecule has 0 aromatic heterocycles. The van der Waals surface area contributed by atoms with Crippen molar-refractivity contribution in [3.05, 3.63) is 12.7 Å². The van der Waals surface area contributed by atoms with Crippen LogP contribution < -0.4 is 0 Å². The van der Waals surface area contributed by atoms with Crippen molar-refractivity contribution in [2.24, 2.45) is 0 Å². The van der Waals surface area contributed by atoms with Gasteiger partial charge in [-0.2, -0.15) is 0 Å². The molecule has 0 spiro atoms. The Balaban J connectivity index is 2.61. The lowest BCUT2D eigenvalue weighted by atomic mass is 10.3. The molecule has 1 aliphatic rings. The van der Waals surface area contributed by atoms with Crippen LogP contribution in [0, 0.1) is 0 Å². The lowest BCUT2D eigenvalue weighted by Gasteiger charge is -2.25. The summed E-state index contributed by atoms with van der Waals surface area (Å²) in [6.45, 7) is 7.85. The van der Waals surface area contributed by atoms with Gasteiger partial charge in [-0.25, -0.2) is 0 Å². The van der Waals surface area contributed by atoms with E-state index in [1.165, 1.54) is 15.9 Å². The molecule has 1 fully saturated rings. The molecule has 0 N–H and O–H groups in total. The second-order valence-corrected chi connectivity index (χ2v) is 5.10. The third-order valence-corrected chi connectivity index (χ3v) is 3.65. The molecule has 0 aromatic rings. The largest absolute Gasteiger partial charge is 0.383 e. The number of likely N-dealkylation sites (N-methyl/N-ethyl adjacent to an activating group) is 1. The Bertz CT molecular complexity index is 425. The highest BCUT2D eigenvalue weighted by atomic mass is 16.5. The van der Waals surface area contributed by atoms with Gasteiger partial charge < -0.3 is 19.4 Å². The molecule has 1 saturated heterocycles. The van der Waals surface area contributed by atoms with Crippen molar-refractivity contribution in [2.75, 3.05) is 53.0 Å². The van der Waals surface area contributed by atoms with E-state index in [1.807, 2.05) is 0 Å². The van der Waals surface area contributed by atoms with Gasteiger partial charge in [0.15, 0.2) is 0 Å². The van der Waals surface area contributed by atoms with E-state index in [-0.39, 0.29) is 30.8 Å². The maximum atomic E-state index is 12.3. The fourth-order valence-corrected chi connectivity index (χ4v) is 2.31. The molecule has 0 aromatic carbocycles. The van der Waals surface area contributed by atoms with E-state index in [1.54, 1.807) is 18.9 Å². The van der Waals surface area contributed by atoms with Crippen molar-refractivity contribution in [3.63, 3.8) is 0 Å². The van der Waals surface area contributed by atoms with Gasteiger partial charge in [0.1, 0.15) is 6.54 Å². The zero-order valence-electron chi connectivity index (χ0n) is 13.4. The Morgan fingerprint density at radius 2 is 2.14 bits per heavy atom. The number of nitrogens with zero attached hydrogens (tertiary/aromatic N) is 3. The summed E-state index contributed by atoms with van der Waals surface area (Å²) in [5.74, 6) is -0.571. The maximum absolute atomic E-state index is 12.3. The van der Waals surface area contributed by atoms with Crippen LogP contribution in [0.15, 0.2) is 12.7 Å². The predicted molar refractivity (Wildman–Crippen MR) is 82.1 cm³/mol. The SMILES string of the molecule is C=CC(=O)N(CC)CC(=O)N1CCCN(CCOC)C(=O)C1. The third-order valence-electron chi connectivity index (χ3n) is 3.65. The summed E-state index contributed by atoms with van der Waals surface area (Å²) in [7, 11) is 1.59. The van der Waals surface area contributed by atoms with Crippen molar-refractivity contribution in [1.82, 2.24) is 14.7 Å². The highest BCUT2D eigenvalue weighted by Crippen LogP contribution is 2.06. The first-order valence-corrected chi connectivity index (χ1v) is 7.49. The summed E-state index contributed by atoms with van der Waals surface area (Å²) in [6, 6.07) is 0. The molecular weight excluding hydrogens is 286 g/mol. The van der Waals surface area contributed by atoms with E-state index >= 15 is 0 Å². The molecule has 1 aliphatic heterocycles. The quantitative estimate of drug-likeness (QED) is 0.607. The molecule has 0 unspecified atom stereocenters. The summed E-state index contributed by atoms with van der Waals surface area (Å²) in [5.41, 5.74) is 0. The van der Waals surface area contributed by atoms with Crippen LogP contribution in [0.25, 0.3) is 0 Å². The smallest absolute Gasteiger partial charge is 0.246 e. The molecule has 3 amide bonds. The fraction of sp³-hybridized carbons (Fsp3) is 0.667. The molecular formula is C15H25N3O4. The molecule has 0 radical (unpaired) electrons. The van der Waals surface area contributed by atoms with Crippen LogP contribution >= 0.6 is 0 Å². The van der Waals surface area contributed by atoms with Gasteiger partial charge in [-0.1, -0.05) is 6.58 Å². The zero-order chi connectivity index (χ0) is 16.5. The Labute approximate surface area is 131 Å². The first kappa shape index (κ1) is 18.2. The minimum absolute atomic E-state index is 0.0211. The summed E-state index contributed by atoms with van der Waals surface area (Å²) < 4.78 is 4.99. The number of hydrogen-bond donors (Lipinski definition) is 0. The zero-order valence-corrected chi connectivity index (χ0v) is 13.4. The number of rotatable bonds is 7. The lowest BCUT2D eigenvalue weighted by molar-refractivity contribution is -0.141. The topological polar surface area (TPSA) is 70.2 Å². The van der Waals surface area contributed by atoms with Crippen molar-refractivity contribution in [1.29, 1.82) is 0 Å². The monoisotopic (exact) mass is 311 g/mol. The van der Waals surface area contributed by atoms with Crippen LogP contribution in [-0.4, -0.2) is 85.4 Å². The van der Waals surface area contributed by atoms with Crippen LogP contribution in [0.5, 0.6) is 0 Å². The second-order valence-electron chi connectivity index (χ2n) is 5.10. The Kier molecular flexibility index (Phi) is 7.59. The summed E-state index contributed by atoms with van der Waals surface area (Å²) in [6.07, 6.45) is 1.92. The first-order chi connectivity index (χ1) is 10.5. The molecule has 7 heteroatoms. The molecule has 0 atom stereocenters. The highest BCUT2D eigenvalue weighted by molar-refractivity contribution is 5.92. The van der Waals surface area contributed by atoms with Gasteiger partial charge in [-0.15, -0.1) is 0 Å². The van der Waals surface area contributed by atoms with Gasteiger partial charge in [0, 0.05) is 33.3 Å². The van der Waals surface area contributed by atoms with E-state index in [0.717, 1.165) is 6.42 Å². The van der Waals surface area contributed by atoms with E-state index in [9.17, 15) is 14.4 Å². The molecule has 1 heterocycles. The normalized spacial score (nSPS) is 15.5. The Morgan fingerprint density at radius 1 is 1.41 bits per heavy atom. The van der Waals surface area contributed by atoms with Gasteiger partial charge in [0.2, 0.25) is 17.7 Å². The average Bonchev–Trinajstić information content (AvgIpc) is 2.71. The fourth-order valence-electron chi connectivity index (χ4n) is 2.31. The molecule has 1 rings (SSSR count). The van der Waals surface area contributed by atoms with E-state index < -0.39 is 0 Å². The highest BCUT2D eigenvalue weighted by Gasteiger charge is 2.26. The Morgan fingerprint density at radius 3 is 2.73 bits per heavy atom. The lowest BCUT2D eigenvalue weighted by Crippen LogP contribution is -2.45. The molecule has 0 bridgehead atoms. The van der Waals surface area contributed by atoms with Crippen LogP contribution in [0.2, 0.25) is 0 Å². The summed E-state index contributed by atoms with van der Waals surface area (Å²) >= 11 is 0. The number of amides is 3. The van der Waals surface area contributed by atoms with Crippen LogP contribution in [-0.2, 0) is 19.1 Å². The van der Waals surface area contributed by atoms with E-state index in [0.29, 0.717) is 32.8 Å². The van der Waals surface area contributed by atoms with Crippen molar-refractivity contribution >= 4 is 17.7 Å².